The summed E-state index contributed by atoms with van der Waals surface area (Å²) in [7, 11) is 2.03. The Bertz CT molecular complexity index is 676. The first-order valence-electron chi connectivity index (χ1n) is 8.45. The van der Waals surface area contributed by atoms with Crippen molar-refractivity contribution in [1.29, 1.82) is 0 Å². The number of pyridine rings is 1. The van der Waals surface area contributed by atoms with Gasteiger partial charge in [-0.1, -0.05) is 26.8 Å². The lowest BCUT2D eigenvalue weighted by atomic mass is 9.93. The number of nitrogens with one attached hydrogen (secondary N) is 1. The summed E-state index contributed by atoms with van der Waals surface area (Å²) < 4.78 is 0. The van der Waals surface area contributed by atoms with E-state index >= 15 is 0 Å². The van der Waals surface area contributed by atoms with Gasteiger partial charge in [0.05, 0.1) is 5.52 Å². The van der Waals surface area contributed by atoms with E-state index in [9.17, 15) is 0 Å². The Morgan fingerprint density at radius 3 is 2.82 bits per heavy atom. The van der Waals surface area contributed by atoms with Crippen LogP contribution in [0.1, 0.15) is 49.1 Å². The summed E-state index contributed by atoms with van der Waals surface area (Å²) in [6, 6.07) is 6.79. The molecule has 0 fully saturated rings. The molecule has 22 heavy (non-hydrogen) atoms. The minimum absolute atomic E-state index is 0.551. The molecule has 0 aliphatic carbocycles. The van der Waals surface area contributed by atoms with Crippen molar-refractivity contribution in [1.82, 2.24) is 15.2 Å². The van der Waals surface area contributed by atoms with E-state index in [1.165, 1.54) is 27.8 Å². The van der Waals surface area contributed by atoms with Gasteiger partial charge in [-0.25, -0.2) is 0 Å². The molecule has 1 aliphatic heterocycles. The van der Waals surface area contributed by atoms with Crippen molar-refractivity contribution in [3.05, 3.63) is 40.6 Å². The first-order valence-corrected chi connectivity index (χ1v) is 8.45. The van der Waals surface area contributed by atoms with Gasteiger partial charge in [-0.15, -0.1) is 0 Å². The van der Waals surface area contributed by atoms with E-state index in [1.54, 1.807) is 0 Å². The monoisotopic (exact) mass is 297 g/mol. The van der Waals surface area contributed by atoms with Gasteiger partial charge in [0.1, 0.15) is 0 Å². The summed E-state index contributed by atoms with van der Waals surface area (Å²) in [6.45, 7) is 11.0. The highest BCUT2D eigenvalue weighted by molar-refractivity contribution is 5.84. The highest BCUT2D eigenvalue weighted by atomic mass is 15.1. The van der Waals surface area contributed by atoms with E-state index in [0.717, 1.165) is 38.1 Å². The molecule has 0 saturated carbocycles. The summed E-state index contributed by atoms with van der Waals surface area (Å²) in [5, 5.41) is 4.69. The lowest BCUT2D eigenvalue weighted by molar-refractivity contribution is 0.265. The predicted molar refractivity (Wildman–Crippen MR) is 93.3 cm³/mol. The minimum Gasteiger partial charge on any atom is -0.316 e. The smallest absolute Gasteiger partial charge is 0.0709 e. The van der Waals surface area contributed by atoms with E-state index in [2.05, 4.69) is 49.2 Å². The number of likely N-dealkylation sites (N-methyl/N-ethyl adjacent to an activating group) is 1. The molecule has 1 aromatic heterocycles. The summed E-state index contributed by atoms with van der Waals surface area (Å²) in [5.74, 6) is 0.551. The zero-order chi connectivity index (χ0) is 15.7. The highest BCUT2D eigenvalue weighted by Crippen LogP contribution is 2.30. The third-order valence-corrected chi connectivity index (χ3v) is 4.83. The minimum atomic E-state index is 0.551. The molecule has 1 aliphatic rings. The fourth-order valence-electron chi connectivity index (χ4n) is 3.41. The van der Waals surface area contributed by atoms with Crippen LogP contribution in [0.25, 0.3) is 10.9 Å². The van der Waals surface area contributed by atoms with Crippen LogP contribution in [-0.2, 0) is 19.5 Å². The maximum Gasteiger partial charge on any atom is 0.0709 e. The Balaban J connectivity index is 2.20. The van der Waals surface area contributed by atoms with E-state index in [-0.39, 0.29) is 0 Å². The first kappa shape index (κ1) is 15.4. The van der Waals surface area contributed by atoms with E-state index in [0.29, 0.717) is 5.92 Å². The summed E-state index contributed by atoms with van der Waals surface area (Å²) >= 11 is 0. The number of nitrogens with zero attached hydrogens (tertiary/aromatic N) is 2. The van der Waals surface area contributed by atoms with Gasteiger partial charge in [0, 0.05) is 37.1 Å². The molecule has 0 atom stereocenters. The molecule has 0 spiro atoms. The van der Waals surface area contributed by atoms with Crippen LogP contribution in [0.2, 0.25) is 0 Å². The topological polar surface area (TPSA) is 28.2 Å². The molecular weight excluding hydrogens is 270 g/mol. The van der Waals surface area contributed by atoms with E-state index < -0.39 is 0 Å². The molecule has 3 rings (SSSR count). The van der Waals surface area contributed by atoms with Crippen LogP contribution in [-0.4, -0.2) is 30.0 Å². The number of benzene rings is 1. The number of hydrogen-bond acceptors (Lipinski definition) is 3. The van der Waals surface area contributed by atoms with Crippen LogP contribution < -0.4 is 5.32 Å². The lowest BCUT2D eigenvalue weighted by Gasteiger charge is -2.29. The van der Waals surface area contributed by atoms with Crippen LogP contribution in [0.5, 0.6) is 0 Å². The number of hydrogen-bond donors (Lipinski definition) is 1. The van der Waals surface area contributed by atoms with Crippen molar-refractivity contribution < 1.29 is 0 Å². The molecule has 2 heterocycles. The van der Waals surface area contributed by atoms with Crippen LogP contribution in [0, 0.1) is 0 Å². The largest absolute Gasteiger partial charge is 0.316 e. The van der Waals surface area contributed by atoms with Crippen LogP contribution >= 0.6 is 0 Å². The van der Waals surface area contributed by atoms with Crippen LogP contribution in [0.4, 0.5) is 0 Å². The third-order valence-electron chi connectivity index (χ3n) is 4.83. The van der Waals surface area contributed by atoms with Gasteiger partial charge >= 0.3 is 0 Å². The molecule has 1 aromatic carbocycles. The van der Waals surface area contributed by atoms with Gasteiger partial charge in [0.25, 0.3) is 0 Å². The Morgan fingerprint density at radius 1 is 1.32 bits per heavy atom. The molecule has 0 bridgehead atoms. The van der Waals surface area contributed by atoms with Gasteiger partial charge in [0.2, 0.25) is 0 Å². The van der Waals surface area contributed by atoms with Crippen molar-refractivity contribution in [2.75, 3.05) is 20.1 Å². The Labute approximate surface area is 133 Å². The Hall–Kier alpha value is -1.45. The molecular formula is C19H27N3. The second-order valence-corrected chi connectivity index (χ2v) is 6.60. The molecule has 3 heteroatoms. The maximum atomic E-state index is 4.97. The zero-order valence-electron chi connectivity index (χ0n) is 14.2. The second kappa shape index (κ2) is 6.35. The fourth-order valence-corrected chi connectivity index (χ4v) is 3.41. The van der Waals surface area contributed by atoms with Crippen LogP contribution in [0.15, 0.2) is 18.2 Å². The molecule has 1 N–H and O–H groups in total. The van der Waals surface area contributed by atoms with Gasteiger partial charge in [0.15, 0.2) is 0 Å². The van der Waals surface area contributed by atoms with E-state index in [4.69, 9.17) is 4.98 Å². The van der Waals surface area contributed by atoms with Gasteiger partial charge in [-0.05, 0) is 48.3 Å². The summed E-state index contributed by atoms with van der Waals surface area (Å²) in [4.78, 5) is 7.49. The van der Waals surface area contributed by atoms with Crippen molar-refractivity contribution in [3.8, 4) is 0 Å². The quantitative estimate of drug-likeness (QED) is 0.937. The molecule has 2 aromatic rings. The average molecular weight is 297 g/mol. The molecule has 0 amide bonds. The zero-order valence-corrected chi connectivity index (χ0v) is 14.2. The van der Waals surface area contributed by atoms with Crippen molar-refractivity contribution in [3.63, 3.8) is 0 Å². The average Bonchev–Trinajstić information content (AvgIpc) is 2.54. The SMILES string of the molecule is CCN1CCc2nc3ccc(C(C)C)cc3c(CNC)c2C1. The number of rotatable bonds is 4. The first-order chi connectivity index (χ1) is 10.6. The molecule has 0 radical (unpaired) electrons. The highest BCUT2D eigenvalue weighted by Gasteiger charge is 2.21. The lowest BCUT2D eigenvalue weighted by Crippen LogP contribution is -2.32. The summed E-state index contributed by atoms with van der Waals surface area (Å²) in [6.07, 6.45) is 1.07. The second-order valence-electron chi connectivity index (χ2n) is 6.60. The predicted octanol–water partition coefficient (Wildman–Crippen LogP) is 3.46. The van der Waals surface area contributed by atoms with Crippen molar-refractivity contribution >= 4 is 10.9 Å². The van der Waals surface area contributed by atoms with Crippen molar-refractivity contribution in [2.24, 2.45) is 0 Å². The molecule has 0 unspecified atom stereocenters. The van der Waals surface area contributed by atoms with E-state index in [1.807, 2.05) is 7.05 Å². The standard InChI is InChI=1S/C19H27N3/c1-5-22-9-8-19-17(12-22)16(11-20-4)15-10-14(13(2)3)6-7-18(15)21-19/h6-7,10,13,20H,5,8-9,11-12H2,1-4H3. The van der Waals surface area contributed by atoms with Gasteiger partial charge in [-0.2, -0.15) is 0 Å². The van der Waals surface area contributed by atoms with Gasteiger partial charge < -0.3 is 5.32 Å². The Morgan fingerprint density at radius 2 is 2.14 bits per heavy atom. The Kier molecular flexibility index (Phi) is 4.46. The summed E-state index contributed by atoms with van der Waals surface area (Å²) in [5.41, 5.74) is 6.76. The maximum absolute atomic E-state index is 4.97. The molecule has 3 nitrogen and oxygen atoms in total. The number of fused-ring (bicyclic) bond motifs is 2. The molecule has 118 valence electrons. The fraction of sp³-hybridized carbons (Fsp3) is 0.526. The van der Waals surface area contributed by atoms with Crippen LogP contribution in [0.3, 0.4) is 0 Å². The number of aromatic nitrogens is 1. The molecule has 0 saturated heterocycles. The third kappa shape index (κ3) is 2.75. The van der Waals surface area contributed by atoms with Gasteiger partial charge in [-0.3, -0.25) is 9.88 Å². The van der Waals surface area contributed by atoms with Crippen molar-refractivity contribution in [2.45, 2.75) is 46.2 Å². The normalized spacial score (nSPS) is 15.5.